The van der Waals surface area contributed by atoms with Crippen LogP contribution in [0.4, 0.5) is 0 Å². The summed E-state index contributed by atoms with van der Waals surface area (Å²) < 4.78 is 10.3. The highest BCUT2D eigenvalue weighted by molar-refractivity contribution is 9.10. The van der Waals surface area contributed by atoms with E-state index >= 15 is 0 Å². The first-order chi connectivity index (χ1) is 12.5. The predicted octanol–water partition coefficient (Wildman–Crippen LogP) is 2.75. The van der Waals surface area contributed by atoms with Gasteiger partial charge in [0.2, 0.25) is 0 Å². The molecule has 26 heavy (non-hydrogen) atoms. The zero-order chi connectivity index (χ0) is 19.1. The Kier molecular flexibility index (Phi) is 6.91. The van der Waals surface area contributed by atoms with Crippen LogP contribution in [0.2, 0.25) is 0 Å². The third-order valence-corrected chi connectivity index (χ3v) is 4.49. The van der Waals surface area contributed by atoms with E-state index in [1.54, 1.807) is 18.2 Å². The van der Waals surface area contributed by atoms with Crippen LogP contribution in [0.15, 0.2) is 53.0 Å². The molecule has 7 heteroatoms. The van der Waals surface area contributed by atoms with Crippen LogP contribution < -0.4 is 5.32 Å². The van der Waals surface area contributed by atoms with E-state index < -0.39 is 23.9 Å². The average Bonchev–Trinajstić information content (AvgIpc) is 2.67. The fourth-order valence-electron chi connectivity index (χ4n) is 2.37. The number of rotatable bonds is 6. The van der Waals surface area contributed by atoms with Crippen molar-refractivity contribution in [3.63, 3.8) is 0 Å². The molecule has 0 spiro atoms. The Bertz CT molecular complexity index is 821. The van der Waals surface area contributed by atoms with Gasteiger partial charge in [0.25, 0.3) is 5.91 Å². The minimum Gasteiger partial charge on any atom is -0.467 e. The summed E-state index contributed by atoms with van der Waals surface area (Å²) in [6, 6.07) is 12.6. The molecule has 1 amide bonds. The number of carbonyl (C=O) groups is 3. The molecule has 0 saturated heterocycles. The number of esters is 2. The fourth-order valence-corrected chi connectivity index (χ4v) is 2.81. The number of methoxy groups -OCH3 is 2. The van der Waals surface area contributed by atoms with Gasteiger partial charge < -0.3 is 14.8 Å². The molecule has 0 aliphatic rings. The molecule has 0 heterocycles. The number of ether oxygens (including phenoxy) is 2. The van der Waals surface area contributed by atoms with Crippen molar-refractivity contribution in [3.05, 3.63) is 69.7 Å². The normalized spacial score (nSPS) is 11.3. The summed E-state index contributed by atoms with van der Waals surface area (Å²) in [7, 11) is 2.53. The van der Waals surface area contributed by atoms with Gasteiger partial charge in [0.1, 0.15) is 6.04 Å². The highest BCUT2D eigenvalue weighted by Crippen LogP contribution is 2.18. The van der Waals surface area contributed by atoms with Crippen LogP contribution in [0, 0.1) is 0 Å². The summed E-state index contributed by atoms with van der Waals surface area (Å²) in [5, 5.41) is 2.66. The van der Waals surface area contributed by atoms with Gasteiger partial charge in [0.15, 0.2) is 0 Å². The standard InChI is InChI=1S/C19H18BrNO5/c1-25-18(23)14-8-5-7-13(10-14)17(22)21-16(19(24)26-2)11-12-6-3-4-9-15(12)20/h3-10,16H,11H2,1-2H3,(H,21,22)/t16-/m1/s1. The van der Waals surface area contributed by atoms with E-state index in [-0.39, 0.29) is 17.5 Å². The molecular weight excluding hydrogens is 402 g/mol. The van der Waals surface area contributed by atoms with Crippen molar-refractivity contribution < 1.29 is 23.9 Å². The zero-order valence-corrected chi connectivity index (χ0v) is 15.9. The Morgan fingerprint density at radius 1 is 1.00 bits per heavy atom. The first-order valence-electron chi connectivity index (χ1n) is 7.76. The first kappa shape index (κ1) is 19.7. The molecule has 2 aromatic carbocycles. The van der Waals surface area contributed by atoms with Gasteiger partial charge in [-0.1, -0.05) is 40.2 Å². The van der Waals surface area contributed by atoms with Gasteiger partial charge in [-0.15, -0.1) is 0 Å². The van der Waals surface area contributed by atoms with E-state index in [9.17, 15) is 14.4 Å². The van der Waals surface area contributed by atoms with Crippen molar-refractivity contribution in [3.8, 4) is 0 Å². The number of benzene rings is 2. The lowest BCUT2D eigenvalue weighted by Crippen LogP contribution is -2.43. The summed E-state index contributed by atoms with van der Waals surface area (Å²) in [5.74, 6) is -1.59. The van der Waals surface area contributed by atoms with Gasteiger partial charge in [-0.3, -0.25) is 4.79 Å². The largest absolute Gasteiger partial charge is 0.467 e. The number of nitrogens with one attached hydrogen (secondary N) is 1. The van der Waals surface area contributed by atoms with Crippen LogP contribution in [0.3, 0.4) is 0 Å². The molecule has 0 saturated carbocycles. The van der Waals surface area contributed by atoms with E-state index in [1.807, 2.05) is 24.3 Å². The van der Waals surface area contributed by atoms with E-state index in [1.165, 1.54) is 20.3 Å². The smallest absolute Gasteiger partial charge is 0.337 e. The topological polar surface area (TPSA) is 81.7 Å². The predicted molar refractivity (Wildman–Crippen MR) is 98.9 cm³/mol. The van der Waals surface area contributed by atoms with Crippen molar-refractivity contribution in [2.75, 3.05) is 14.2 Å². The van der Waals surface area contributed by atoms with Gasteiger partial charge in [-0.25, -0.2) is 9.59 Å². The number of hydrogen-bond acceptors (Lipinski definition) is 5. The van der Waals surface area contributed by atoms with Gasteiger partial charge >= 0.3 is 11.9 Å². The Balaban J connectivity index is 2.20. The Hall–Kier alpha value is -2.67. The number of halogens is 1. The van der Waals surface area contributed by atoms with Crippen LogP contribution in [0.5, 0.6) is 0 Å². The highest BCUT2D eigenvalue weighted by atomic mass is 79.9. The second-order valence-corrected chi connectivity index (χ2v) is 6.27. The van der Waals surface area contributed by atoms with Crippen LogP contribution in [-0.4, -0.2) is 38.1 Å². The molecule has 0 radical (unpaired) electrons. The lowest BCUT2D eigenvalue weighted by atomic mass is 10.0. The van der Waals surface area contributed by atoms with Gasteiger partial charge in [-0.05, 0) is 29.8 Å². The fraction of sp³-hybridized carbons (Fsp3) is 0.211. The molecular formula is C19H18BrNO5. The van der Waals surface area contributed by atoms with Crippen LogP contribution >= 0.6 is 15.9 Å². The average molecular weight is 420 g/mol. The summed E-state index contributed by atoms with van der Waals surface area (Å²) >= 11 is 3.42. The van der Waals surface area contributed by atoms with E-state index in [2.05, 4.69) is 26.0 Å². The molecule has 0 aromatic heterocycles. The summed E-state index contributed by atoms with van der Waals surface area (Å²) in [5.41, 5.74) is 1.35. The van der Waals surface area contributed by atoms with Gasteiger partial charge in [-0.2, -0.15) is 0 Å². The van der Waals surface area contributed by atoms with Crippen molar-refractivity contribution in [2.24, 2.45) is 0 Å². The lowest BCUT2D eigenvalue weighted by Gasteiger charge is -2.17. The summed E-state index contributed by atoms with van der Waals surface area (Å²) in [6.45, 7) is 0. The van der Waals surface area contributed by atoms with Gasteiger partial charge in [0, 0.05) is 16.5 Å². The molecule has 0 aliphatic heterocycles. The molecule has 2 rings (SSSR count). The van der Waals surface area contributed by atoms with Crippen LogP contribution in [-0.2, 0) is 20.7 Å². The van der Waals surface area contributed by atoms with Crippen LogP contribution in [0.1, 0.15) is 26.3 Å². The second kappa shape index (κ2) is 9.15. The van der Waals surface area contributed by atoms with Crippen LogP contribution in [0.25, 0.3) is 0 Å². The SMILES string of the molecule is COC(=O)c1cccc(C(=O)N[C@H](Cc2ccccc2Br)C(=O)OC)c1. The third kappa shape index (κ3) is 4.92. The molecule has 0 unspecified atom stereocenters. The van der Waals surface area contributed by atoms with E-state index in [4.69, 9.17) is 4.74 Å². The Labute approximate surface area is 159 Å². The lowest BCUT2D eigenvalue weighted by molar-refractivity contribution is -0.142. The van der Waals surface area contributed by atoms with Crippen molar-refractivity contribution in [1.29, 1.82) is 0 Å². The Morgan fingerprint density at radius 2 is 1.69 bits per heavy atom. The van der Waals surface area contributed by atoms with Crippen molar-refractivity contribution >= 4 is 33.8 Å². The molecule has 2 aromatic rings. The molecule has 0 bridgehead atoms. The minimum absolute atomic E-state index is 0.244. The Morgan fingerprint density at radius 3 is 2.35 bits per heavy atom. The molecule has 0 aliphatic carbocycles. The minimum atomic E-state index is -0.868. The number of hydrogen-bond donors (Lipinski definition) is 1. The van der Waals surface area contributed by atoms with Crippen molar-refractivity contribution in [2.45, 2.75) is 12.5 Å². The molecule has 1 atom stereocenters. The second-order valence-electron chi connectivity index (χ2n) is 5.42. The maximum Gasteiger partial charge on any atom is 0.337 e. The highest BCUT2D eigenvalue weighted by Gasteiger charge is 2.23. The van der Waals surface area contributed by atoms with Gasteiger partial charge in [0.05, 0.1) is 19.8 Å². The molecule has 136 valence electrons. The van der Waals surface area contributed by atoms with E-state index in [0.29, 0.717) is 0 Å². The monoisotopic (exact) mass is 419 g/mol. The van der Waals surface area contributed by atoms with Crippen molar-refractivity contribution in [1.82, 2.24) is 5.32 Å². The maximum absolute atomic E-state index is 12.5. The molecule has 6 nitrogen and oxygen atoms in total. The van der Waals surface area contributed by atoms with E-state index in [0.717, 1.165) is 10.0 Å². The summed E-state index contributed by atoms with van der Waals surface area (Å²) in [6.07, 6.45) is 0.260. The maximum atomic E-state index is 12.5. The first-order valence-corrected chi connectivity index (χ1v) is 8.56. The molecule has 1 N–H and O–H groups in total. The summed E-state index contributed by atoms with van der Waals surface area (Å²) in [4.78, 5) is 36.2. The number of carbonyl (C=O) groups excluding carboxylic acids is 3. The third-order valence-electron chi connectivity index (χ3n) is 3.72. The molecule has 0 fully saturated rings. The number of amides is 1. The zero-order valence-electron chi connectivity index (χ0n) is 14.3. The quantitative estimate of drug-likeness (QED) is 0.727.